The maximum Gasteiger partial charge on any atom is 0.240 e. The molecule has 0 amide bonds. The maximum atomic E-state index is 12.4. The van der Waals surface area contributed by atoms with E-state index in [9.17, 15) is 8.42 Å². The molecule has 1 N–H and O–H groups in total. The van der Waals surface area contributed by atoms with Crippen LogP contribution in [0.1, 0.15) is 11.6 Å². The molecule has 0 saturated heterocycles. The van der Waals surface area contributed by atoms with Gasteiger partial charge in [-0.05, 0) is 43.9 Å². The molecule has 4 nitrogen and oxygen atoms in total. The van der Waals surface area contributed by atoms with Gasteiger partial charge in [-0.2, -0.15) is 0 Å². The number of rotatable bonds is 6. The molecule has 2 aromatic rings. The van der Waals surface area contributed by atoms with Gasteiger partial charge in [-0.3, -0.25) is 0 Å². The van der Waals surface area contributed by atoms with Crippen molar-refractivity contribution < 1.29 is 8.42 Å². The largest absolute Gasteiger partial charge is 0.301 e. The van der Waals surface area contributed by atoms with Gasteiger partial charge in [0.15, 0.2) is 0 Å². The summed E-state index contributed by atoms with van der Waals surface area (Å²) in [7, 11) is 0.361. The Morgan fingerprint density at radius 2 is 1.64 bits per heavy atom. The molecule has 2 aromatic carbocycles. The Labute approximate surface area is 140 Å². The highest BCUT2D eigenvalue weighted by Crippen LogP contribution is 2.19. The zero-order chi connectivity index (χ0) is 16.2. The second-order valence-corrected chi connectivity index (χ2v) is 7.88. The van der Waals surface area contributed by atoms with E-state index < -0.39 is 10.0 Å². The molecule has 0 bridgehead atoms. The van der Waals surface area contributed by atoms with Gasteiger partial charge in [0, 0.05) is 17.1 Å². The van der Waals surface area contributed by atoms with Crippen LogP contribution in [-0.4, -0.2) is 34.0 Å². The maximum absolute atomic E-state index is 12.4. The molecule has 2 rings (SSSR count). The van der Waals surface area contributed by atoms with Crippen molar-refractivity contribution >= 4 is 26.0 Å². The zero-order valence-corrected chi connectivity index (χ0v) is 14.9. The lowest BCUT2D eigenvalue weighted by Gasteiger charge is -2.25. The standard InChI is InChI=1S/C16H19BrN2O2S/c1-19(2)16(13-6-4-3-5-7-13)12-18-22(20,21)15-10-8-14(17)9-11-15/h3-11,16,18H,12H2,1-2H3. The van der Waals surface area contributed by atoms with Crippen LogP contribution in [0.2, 0.25) is 0 Å². The fourth-order valence-electron chi connectivity index (χ4n) is 2.16. The molecule has 0 heterocycles. The van der Waals surface area contributed by atoms with Gasteiger partial charge in [0.25, 0.3) is 0 Å². The van der Waals surface area contributed by atoms with Crippen LogP contribution in [-0.2, 0) is 10.0 Å². The molecule has 22 heavy (non-hydrogen) atoms. The molecular weight excluding hydrogens is 364 g/mol. The summed E-state index contributed by atoms with van der Waals surface area (Å²) in [5.74, 6) is 0. The average Bonchev–Trinajstić information content (AvgIpc) is 2.48. The van der Waals surface area contributed by atoms with Gasteiger partial charge in [-0.1, -0.05) is 46.3 Å². The normalized spacial score (nSPS) is 13.3. The molecule has 0 saturated carbocycles. The smallest absolute Gasteiger partial charge is 0.240 e. The van der Waals surface area contributed by atoms with Crippen LogP contribution < -0.4 is 4.72 Å². The minimum Gasteiger partial charge on any atom is -0.301 e. The van der Waals surface area contributed by atoms with Crippen molar-refractivity contribution in [1.29, 1.82) is 0 Å². The Morgan fingerprint density at radius 3 is 2.18 bits per heavy atom. The number of hydrogen-bond donors (Lipinski definition) is 1. The Morgan fingerprint density at radius 1 is 1.05 bits per heavy atom. The van der Waals surface area contributed by atoms with Gasteiger partial charge in [0.2, 0.25) is 10.0 Å². The van der Waals surface area contributed by atoms with Crippen molar-refractivity contribution in [3.05, 3.63) is 64.6 Å². The van der Waals surface area contributed by atoms with E-state index in [0.29, 0.717) is 6.54 Å². The lowest BCUT2D eigenvalue weighted by Crippen LogP contribution is -2.34. The molecule has 0 spiro atoms. The van der Waals surface area contributed by atoms with Gasteiger partial charge in [-0.15, -0.1) is 0 Å². The molecule has 0 aliphatic heterocycles. The number of nitrogens with one attached hydrogen (secondary N) is 1. The van der Waals surface area contributed by atoms with Crippen molar-refractivity contribution in [2.45, 2.75) is 10.9 Å². The summed E-state index contributed by atoms with van der Waals surface area (Å²) in [4.78, 5) is 2.26. The lowest BCUT2D eigenvalue weighted by molar-refractivity contribution is 0.299. The van der Waals surface area contributed by atoms with E-state index in [-0.39, 0.29) is 10.9 Å². The monoisotopic (exact) mass is 382 g/mol. The molecule has 0 aromatic heterocycles. The van der Waals surface area contributed by atoms with Crippen molar-refractivity contribution in [2.24, 2.45) is 0 Å². The van der Waals surface area contributed by atoms with Gasteiger partial charge >= 0.3 is 0 Å². The number of benzene rings is 2. The lowest BCUT2D eigenvalue weighted by atomic mass is 10.1. The molecule has 0 aliphatic rings. The molecule has 0 fully saturated rings. The van der Waals surface area contributed by atoms with E-state index in [1.165, 1.54) is 0 Å². The van der Waals surface area contributed by atoms with Crippen LogP contribution >= 0.6 is 15.9 Å². The fourth-order valence-corrected chi connectivity index (χ4v) is 3.46. The second kappa shape index (κ2) is 7.37. The summed E-state index contributed by atoms with van der Waals surface area (Å²) >= 11 is 3.30. The fraction of sp³-hybridized carbons (Fsp3) is 0.250. The third kappa shape index (κ3) is 4.39. The summed E-state index contributed by atoms with van der Waals surface area (Å²) in [6, 6.07) is 16.4. The van der Waals surface area contributed by atoms with E-state index in [0.717, 1.165) is 10.0 Å². The van der Waals surface area contributed by atoms with Crippen molar-refractivity contribution in [3.8, 4) is 0 Å². The van der Waals surface area contributed by atoms with Crippen LogP contribution in [0.3, 0.4) is 0 Å². The molecule has 1 unspecified atom stereocenters. The van der Waals surface area contributed by atoms with E-state index in [1.807, 2.05) is 49.3 Å². The predicted molar refractivity (Wildman–Crippen MR) is 92.2 cm³/mol. The number of likely N-dealkylation sites (N-methyl/N-ethyl adjacent to an activating group) is 1. The summed E-state index contributed by atoms with van der Waals surface area (Å²) in [6.45, 7) is 0.315. The minimum atomic E-state index is -3.51. The quantitative estimate of drug-likeness (QED) is 0.834. The summed E-state index contributed by atoms with van der Waals surface area (Å²) < 4.78 is 28.3. The molecular formula is C16H19BrN2O2S. The SMILES string of the molecule is CN(C)C(CNS(=O)(=O)c1ccc(Br)cc1)c1ccccc1. The highest BCUT2D eigenvalue weighted by atomic mass is 79.9. The van der Waals surface area contributed by atoms with Gasteiger partial charge in [-0.25, -0.2) is 13.1 Å². The first kappa shape index (κ1) is 17.1. The third-order valence-corrected chi connectivity index (χ3v) is 5.37. The first-order valence-electron chi connectivity index (χ1n) is 6.87. The summed E-state index contributed by atoms with van der Waals surface area (Å²) in [6.07, 6.45) is 0. The highest BCUT2D eigenvalue weighted by molar-refractivity contribution is 9.10. The Hall–Kier alpha value is -1.21. The van der Waals surface area contributed by atoms with Gasteiger partial charge < -0.3 is 4.90 Å². The van der Waals surface area contributed by atoms with E-state index in [2.05, 4.69) is 20.7 Å². The van der Waals surface area contributed by atoms with Crippen molar-refractivity contribution in [3.63, 3.8) is 0 Å². The Bertz CT molecular complexity index is 701. The number of hydrogen-bond acceptors (Lipinski definition) is 3. The third-order valence-electron chi connectivity index (χ3n) is 3.40. The average molecular weight is 383 g/mol. The minimum absolute atomic E-state index is 0.0218. The van der Waals surface area contributed by atoms with E-state index in [1.54, 1.807) is 24.3 Å². The van der Waals surface area contributed by atoms with Crippen molar-refractivity contribution in [1.82, 2.24) is 9.62 Å². The second-order valence-electron chi connectivity index (χ2n) is 5.20. The number of halogens is 1. The molecule has 0 radical (unpaired) electrons. The predicted octanol–water partition coefficient (Wildman–Crippen LogP) is 3.03. The number of sulfonamides is 1. The Kier molecular flexibility index (Phi) is 5.74. The molecule has 118 valence electrons. The van der Waals surface area contributed by atoms with Crippen LogP contribution in [0.4, 0.5) is 0 Å². The zero-order valence-electron chi connectivity index (χ0n) is 12.5. The first-order chi connectivity index (χ1) is 10.4. The summed E-state index contributed by atoms with van der Waals surface area (Å²) in [5, 5.41) is 0. The van der Waals surface area contributed by atoms with Crippen LogP contribution in [0.5, 0.6) is 0 Å². The molecule has 0 aliphatic carbocycles. The van der Waals surface area contributed by atoms with Crippen LogP contribution in [0.25, 0.3) is 0 Å². The van der Waals surface area contributed by atoms with E-state index in [4.69, 9.17) is 0 Å². The molecule has 1 atom stereocenters. The van der Waals surface area contributed by atoms with Crippen molar-refractivity contribution in [2.75, 3.05) is 20.6 Å². The van der Waals surface area contributed by atoms with Crippen LogP contribution in [0, 0.1) is 0 Å². The topological polar surface area (TPSA) is 49.4 Å². The first-order valence-corrected chi connectivity index (χ1v) is 9.14. The van der Waals surface area contributed by atoms with E-state index >= 15 is 0 Å². The molecule has 6 heteroatoms. The van der Waals surface area contributed by atoms with Gasteiger partial charge in [0.05, 0.1) is 4.90 Å². The highest BCUT2D eigenvalue weighted by Gasteiger charge is 2.19. The van der Waals surface area contributed by atoms with Gasteiger partial charge in [0.1, 0.15) is 0 Å². The Balaban J connectivity index is 2.14. The number of nitrogens with zero attached hydrogens (tertiary/aromatic N) is 1. The van der Waals surface area contributed by atoms with Crippen LogP contribution in [0.15, 0.2) is 64.0 Å². The summed E-state index contributed by atoms with van der Waals surface area (Å²) in [5.41, 5.74) is 1.08.